The molecule has 32 heavy (non-hydrogen) atoms. The van der Waals surface area contributed by atoms with Crippen molar-refractivity contribution in [2.45, 2.75) is 19.5 Å². The number of rotatable bonds is 4. The maximum atomic E-state index is 12.9. The summed E-state index contributed by atoms with van der Waals surface area (Å²) in [4.78, 5) is 26.1. The number of hydrogen-bond donors (Lipinski definition) is 1. The van der Waals surface area contributed by atoms with Gasteiger partial charge in [0.05, 0.1) is 5.56 Å². The molecule has 1 aliphatic heterocycles. The van der Waals surface area contributed by atoms with E-state index in [4.69, 9.17) is 4.74 Å². The van der Waals surface area contributed by atoms with Crippen molar-refractivity contribution >= 4 is 23.2 Å². The van der Waals surface area contributed by atoms with Gasteiger partial charge in [-0.3, -0.25) is 9.59 Å². The first-order chi connectivity index (χ1) is 15.2. The van der Waals surface area contributed by atoms with Crippen molar-refractivity contribution < 1.29 is 27.5 Å². The van der Waals surface area contributed by atoms with Crippen LogP contribution in [0.5, 0.6) is 11.5 Å². The number of benzene rings is 3. The summed E-state index contributed by atoms with van der Waals surface area (Å²) in [7, 11) is 0. The molecule has 0 aromatic heterocycles. The highest BCUT2D eigenvalue weighted by molar-refractivity contribution is 6.05. The molecule has 0 spiro atoms. The van der Waals surface area contributed by atoms with E-state index in [-0.39, 0.29) is 23.3 Å². The normalized spacial score (nSPS) is 12.9. The highest BCUT2D eigenvalue weighted by Gasteiger charge is 2.30. The van der Waals surface area contributed by atoms with Crippen molar-refractivity contribution in [2.24, 2.45) is 0 Å². The third kappa shape index (κ3) is 4.59. The molecule has 0 saturated carbocycles. The van der Waals surface area contributed by atoms with E-state index in [1.807, 2.05) is 6.07 Å². The molecule has 5 nitrogen and oxygen atoms in total. The molecule has 1 N–H and O–H groups in total. The monoisotopic (exact) mass is 440 g/mol. The first-order valence-electron chi connectivity index (χ1n) is 9.88. The zero-order valence-corrected chi connectivity index (χ0v) is 17.1. The summed E-state index contributed by atoms with van der Waals surface area (Å²) >= 11 is 0. The predicted molar refractivity (Wildman–Crippen MR) is 114 cm³/mol. The Labute approximate surface area is 182 Å². The van der Waals surface area contributed by atoms with Crippen LogP contribution in [-0.4, -0.2) is 18.4 Å². The number of nitrogens with one attached hydrogen (secondary N) is 1. The number of halogens is 3. The summed E-state index contributed by atoms with van der Waals surface area (Å²) in [5.41, 5.74) is 1.87. The van der Waals surface area contributed by atoms with Crippen LogP contribution in [0, 0.1) is 0 Å². The number of amides is 2. The second-order valence-electron chi connectivity index (χ2n) is 7.37. The van der Waals surface area contributed by atoms with Crippen LogP contribution in [0.25, 0.3) is 0 Å². The Morgan fingerprint density at radius 3 is 2.41 bits per heavy atom. The molecule has 0 atom stereocenters. The van der Waals surface area contributed by atoms with Gasteiger partial charge in [-0.05, 0) is 66.6 Å². The molecule has 0 unspecified atom stereocenters. The Kier molecular flexibility index (Phi) is 5.61. The predicted octanol–water partition coefficient (Wildman–Crippen LogP) is 5.66. The lowest BCUT2D eigenvalue weighted by Gasteiger charge is -2.15. The summed E-state index contributed by atoms with van der Waals surface area (Å²) < 4.78 is 44.2. The van der Waals surface area contributed by atoms with Crippen LogP contribution in [0.15, 0.2) is 66.7 Å². The number of carbonyl (C=O) groups excluding carboxylic acids is 2. The topological polar surface area (TPSA) is 58.6 Å². The number of nitrogens with zero attached hydrogens (tertiary/aromatic N) is 1. The molecular formula is C24H19F3N2O3. The third-order valence-electron chi connectivity index (χ3n) is 5.11. The number of hydrogen-bond acceptors (Lipinski definition) is 3. The summed E-state index contributed by atoms with van der Waals surface area (Å²) in [6.45, 7) is 2.12. The van der Waals surface area contributed by atoms with Crippen molar-refractivity contribution in [3.05, 3.63) is 83.4 Å². The fourth-order valence-corrected chi connectivity index (χ4v) is 3.58. The zero-order valence-electron chi connectivity index (χ0n) is 17.1. The molecule has 1 aliphatic rings. The second kappa shape index (κ2) is 8.37. The van der Waals surface area contributed by atoms with Crippen molar-refractivity contribution in [2.75, 3.05) is 16.8 Å². The van der Waals surface area contributed by atoms with Crippen molar-refractivity contribution in [1.82, 2.24) is 0 Å². The van der Waals surface area contributed by atoms with E-state index in [0.717, 1.165) is 23.4 Å². The van der Waals surface area contributed by atoms with Gasteiger partial charge >= 0.3 is 6.18 Å². The lowest BCUT2D eigenvalue weighted by Crippen LogP contribution is -2.25. The molecule has 1 heterocycles. The van der Waals surface area contributed by atoms with Gasteiger partial charge in [-0.25, -0.2) is 0 Å². The number of anilines is 2. The molecule has 3 aromatic rings. The van der Waals surface area contributed by atoms with E-state index in [0.29, 0.717) is 24.2 Å². The average molecular weight is 440 g/mol. The Morgan fingerprint density at radius 2 is 1.69 bits per heavy atom. The quantitative estimate of drug-likeness (QED) is 0.570. The molecule has 0 bridgehead atoms. The number of carbonyl (C=O) groups is 2. The highest BCUT2D eigenvalue weighted by Crippen LogP contribution is 2.33. The molecule has 3 aromatic carbocycles. The molecule has 8 heteroatoms. The van der Waals surface area contributed by atoms with Gasteiger partial charge in [-0.15, -0.1) is 0 Å². The minimum atomic E-state index is -4.47. The van der Waals surface area contributed by atoms with E-state index >= 15 is 0 Å². The van der Waals surface area contributed by atoms with E-state index in [1.165, 1.54) is 25.1 Å². The van der Waals surface area contributed by atoms with Crippen LogP contribution in [0.4, 0.5) is 24.5 Å². The van der Waals surface area contributed by atoms with Crippen LogP contribution < -0.4 is 15.0 Å². The van der Waals surface area contributed by atoms with E-state index in [1.54, 1.807) is 35.2 Å². The van der Waals surface area contributed by atoms with Gasteiger partial charge in [0.2, 0.25) is 5.91 Å². The lowest BCUT2D eigenvalue weighted by molar-refractivity contribution is -0.137. The number of fused-ring (bicyclic) bond motifs is 1. The maximum Gasteiger partial charge on any atom is 0.416 e. The van der Waals surface area contributed by atoms with Crippen LogP contribution >= 0.6 is 0 Å². The fourth-order valence-electron chi connectivity index (χ4n) is 3.58. The Balaban J connectivity index is 1.48. The molecular weight excluding hydrogens is 421 g/mol. The molecule has 164 valence electrons. The van der Waals surface area contributed by atoms with Crippen LogP contribution in [0.2, 0.25) is 0 Å². The van der Waals surface area contributed by atoms with Gasteiger partial charge in [0.1, 0.15) is 11.5 Å². The SMILES string of the molecule is CC(=O)N1CCc2cc(NC(=O)c3cccc(Oc4cccc(C(F)(F)F)c4)c3)ccc21. The van der Waals surface area contributed by atoms with E-state index < -0.39 is 11.7 Å². The van der Waals surface area contributed by atoms with Crippen LogP contribution in [0.3, 0.4) is 0 Å². The number of ether oxygens (including phenoxy) is 1. The fraction of sp³-hybridized carbons (Fsp3) is 0.167. The first kappa shape index (κ1) is 21.4. The number of alkyl halides is 3. The summed E-state index contributed by atoms with van der Waals surface area (Å²) in [5.74, 6) is -0.159. The second-order valence-corrected chi connectivity index (χ2v) is 7.37. The Morgan fingerprint density at radius 1 is 0.969 bits per heavy atom. The average Bonchev–Trinajstić information content (AvgIpc) is 3.17. The smallest absolute Gasteiger partial charge is 0.416 e. The third-order valence-corrected chi connectivity index (χ3v) is 5.11. The minimum absolute atomic E-state index is 0.0195. The zero-order chi connectivity index (χ0) is 22.9. The Bertz CT molecular complexity index is 1190. The molecule has 0 aliphatic carbocycles. The largest absolute Gasteiger partial charge is 0.457 e. The summed E-state index contributed by atoms with van der Waals surface area (Å²) in [6.07, 6.45) is -3.77. The molecule has 0 saturated heterocycles. The molecule has 0 radical (unpaired) electrons. The van der Waals surface area contributed by atoms with Crippen molar-refractivity contribution in [3.8, 4) is 11.5 Å². The van der Waals surface area contributed by atoms with Gasteiger partial charge in [0.25, 0.3) is 5.91 Å². The van der Waals surface area contributed by atoms with Crippen molar-refractivity contribution in [1.29, 1.82) is 0 Å². The summed E-state index contributed by atoms with van der Waals surface area (Å²) in [5, 5.41) is 2.81. The first-order valence-corrected chi connectivity index (χ1v) is 9.88. The molecule has 4 rings (SSSR count). The molecule has 0 fully saturated rings. The van der Waals surface area contributed by atoms with Gasteiger partial charge < -0.3 is 15.0 Å². The lowest BCUT2D eigenvalue weighted by atomic mass is 10.1. The highest BCUT2D eigenvalue weighted by atomic mass is 19.4. The van der Waals surface area contributed by atoms with Crippen LogP contribution in [-0.2, 0) is 17.4 Å². The summed E-state index contributed by atoms with van der Waals surface area (Å²) in [6, 6.07) is 16.1. The van der Waals surface area contributed by atoms with Gasteiger partial charge in [0.15, 0.2) is 0 Å². The van der Waals surface area contributed by atoms with Gasteiger partial charge in [-0.1, -0.05) is 12.1 Å². The minimum Gasteiger partial charge on any atom is -0.457 e. The molecule has 2 amide bonds. The van der Waals surface area contributed by atoms with Gasteiger partial charge in [-0.2, -0.15) is 13.2 Å². The van der Waals surface area contributed by atoms with Crippen molar-refractivity contribution in [3.63, 3.8) is 0 Å². The van der Waals surface area contributed by atoms with Gasteiger partial charge in [0, 0.05) is 30.4 Å². The van der Waals surface area contributed by atoms with E-state index in [9.17, 15) is 22.8 Å². The van der Waals surface area contributed by atoms with E-state index in [2.05, 4.69) is 5.32 Å². The standard InChI is InChI=1S/C24H19F3N2O3/c1-15(30)29-11-10-16-12-19(8-9-22(16)29)28-23(31)17-4-2-6-20(13-17)32-21-7-3-5-18(14-21)24(25,26)27/h2-9,12-14H,10-11H2,1H3,(H,28,31). The van der Waals surface area contributed by atoms with Crippen LogP contribution in [0.1, 0.15) is 28.4 Å². The maximum absolute atomic E-state index is 12.9. The Hall–Kier alpha value is -3.81.